The van der Waals surface area contributed by atoms with Gasteiger partial charge in [0.05, 0.1) is 0 Å². The van der Waals surface area contributed by atoms with Gasteiger partial charge >= 0.3 is 6.03 Å². The lowest BCUT2D eigenvalue weighted by Crippen LogP contribution is -2.35. The molecule has 3 nitrogen and oxygen atoms in total. The summed E-state index contributed by atoms with van der Waals surface area (Å²) in [6.45, 7) is 6.42. The Hall–Kier alpha value is -1.51. The minimum absolute atomic E-state index is 0.0602. The molecule has 0 aliphatic carbocycles. The van der Waals surface area contributed by atoms with Crippen LogP contribution in [0.3, 0.4) is 0 Å². The molecule has 0 unspecified atom stereocenters. The van der Waals surface area contributed by atoms with Crippen LogP contribution in [-0.4, -0.2) is 24.5 Å². The maximum Gasteiger partial charge on any atom is 0.321 e. The standard InChI is InChI=1S/C11H16N2O/c1-4-6-10-9(5-2)7-8-13(10)11(14)12-3/h4-6H,2,7-8H2,1,3H3,(H,12,14)/b6-4-. The van der Waals surface area contributed by atoms with Crippen molar-refractivity contribution in [2.45, 2.75) is 13.3 Å². The second kappa shape index (κ2) is 4.65. The van der Waals surface area contributed by atoms with E-state index in [1.807, 2.05) is 25.2 Å². The highest BCUT2D eigenvalue weighted by Gasteiger charge is 2.23. The minimum Gasteiger partial charge on any atom is -0.341 e. The number of rotatable bonds is 2. The second-order valence-corrected chi connectivity index (χ2v) is 3.07. The Morgan fingerprint density at radius 3 is 2.86 bits per heavy atom. The van der Waals surface area contributed by atoms with E-state index in [-0.39, 0.29) is 6.03 Å². The molecule has 0 spiro atoms. The molecule has 1 N–H and O–H groups in total. The zero-order chi connectivity index (χ0) is 10.6. The highest BCUT2D eigenvalue weighted by atomic mass is 16.2. The quantitative estimate of drug-likeness (QED) is 0.713. The maximum atomic E-state index is 11.5. The van der Waals surface area contributed by atoms with Crippen molar-refractivity contribution < 1.29 is 4.79 Å². The van der Waals surface area contributed by atoms with E-state index in [0.717, 1.165) is 24.2 Å². The average molecular weight is 192 g/mol. The van der Waals surface area contributed by atoms with Gasteiger partial charge < -0.3 is 5.32 Å². The molecular formula is C11H16N2O. The number of nitrogens with zero attached hydrogens (tertiary/aromatic N) is 1. The molecule has 0 bridgehead atoms. The van der Waals surface area contributed by atoms with Gasteiger partial charge in [-0.2, -0.15) is 0 Å². The SMILES string of the molecule is C=CC1=C(/C=C\C)N(C(=O)NC)CC1. The minimum atomic E-state index is -0.0602. The normalized spacial score (nSPS) is 16.6. The molecule has 0 radical (unpaired) electrons. The molecule has 0 atom stereocenters. The number of carbonyl (C=O) groups excluding carboxylic acids is 1. The fourth-order valence-electron chi connectivity index (χ4n) is 1.56. The van der Waals surface area contributed by atoms with Gasteiger partial charge in [0.2, 0.25) is 0 Å². The van der Waals surface area contributed by atoms with Crippen molar-refractivity contribution >= 4 is 6.03 Å². The molecule has 1 aliphatic rings. The number of hydrogen-bond acceptors (Lipinski definition) is 1. The molecule has 0 saturated heterocycles. The fraction of sp³-hybridized carbons (Fsp3) is 0.364. The van der Waals surface area contributed by atoms with Crippen LogP contribution in [0.5, 0.6) is 0 Å². The van der Waals surface area contributed by atoms with Crippen LogP contribution >= 0.6 is 0 Å². The Bertz CT molecular complexity index is 302. The third kappa shape index (κ3) is 1.87. The van der Waals surface area contributed by atoms with Gasteiger partial charge in [0.25, 0.3) is 0 Å². The third-order valence-corrected chi connectivity index (χ3v) is 2.25. The molecular weight excluding hydrogens is 176 g/mol. The van der Waals surface area contributed by atoms with Crippen LogP contribution in [0.1, 0.15) is 13.3 Å². The summed E-state index contributed by atoms with van der Waals surface area (Å²) in [7, 11) is 1.64. The molecule has 1 aliphatic heterocycles. The topological polar surface area (TPSA) is 32.3 Å². The van der Waals surface area contributed by atoms with Gasteiger partial charge in [-0.05, 0) is 25.0 Å². The Labute approximate surface area is 84.8 Å². The van der Waals surface area contributed by atoms with E-state index in [0.29, 0.717) is 0 Å². The monoisotopic (exact) mass is 192 g/mol. The predicted molar refractivity (Wildman–Crippen MR) is 57.8 cm³/mol. The summed E-state index contributed by atoms with van der Waals surface area (Å²) in [5, 5.41) is 2.62. The molecule has 14 heavy (non-hydrogen) atoms. The summed E-state index contributed by atoms with van der Waals surface area (Å²) in [5.74, 6) is 0. The van der Waals surface area contributed by atoms with Crippen molar-refractivity contribution in [2.24, 2.45) is 0 Å². The number of hydrogen-bond donors (Lipinski definition) is 1. The number of nitrogens with one attached hydrogen (secondary N) is 1. The number of urea groups is 1. The van der Waals surface area contributed by atoms with Gasteiger partial charge in [-0.1, -0.05) is 18.7 Å². The second-order valence-electron chi connectivity index (χ2n) is 3.07. The molecule has 3 heteroatoms. The molecule has 2 amide bonds. The Morgan fingerprint density at radius 2 is 2.36 bits per heavy atom. The molecule has 0 saturated carbocycles. The van der Waals surface area contributed by atoms with Crippen molar-refractivity contribution in [3.63, 3.8) is 0 Å². The number of carbonyl (C=O) groups is 1. The summed E-state index contributed by atoms with van der Waals surface area (Å²) >= 11 is 0. The van der Waals surface area contributed by atoms with E-state index >= 15 is 0 Å². The zero-order valence-corrected chi connectivity index (χ0v) is 8.71. The summed E-state index contributed by atoms with van der Waals surface area (Å²) < 4.78 is 0. The van der Waals surface area contributed by atoms with Gasteiger partial charge in [0, 0.05) is 19.3 Å². The fourth-order valence-corrected chi connectivity index (χ4v) is 1.56. The van der Waals surface area contributed by atoms with E-state index in [4.69, 9.17) is 0 Å². The molecule has 0 aromatic carbocycles. The van der Waals surface area contributed by atoms with Gasteiger partial charge in [-0.3, -0.25) is 4.90 Å². The lowest BCUT2D eigenvalue weighted by Gasteiger charge is -2.17. The Kier molecular flexibility index (Phi) is 3.51. The van der Waals surface area contributed by atoms with Crippen molar-refractivity contribution in [1.82, 2.24) is 10.2 Å². The first kappa shape index (κ1) is 10.6. The number of amides is 2. The van der Waals surface area contributed by atoms with E-state index < -0.39 is 0 Å². The van der Waals surface area contributed by atoms with Crippen LogP contribution < -0.4 is 5.32 Å². The molecule has 0 aromatic heterocycles. The highest BCUT2D eigenvalue weighted by molar-refractivity contribution is 5.77. The summed E-state index contributed by atoms with van der Waals surface area (Å²) in [6.07, 6.45) is 6.58. The van der Waals surface area contributed by atoms with E-state index in [9.17, 15) is 4.79 Å². The first-order valence-electron chi connectivity index (χ1n) is 4.72. The largest absolute Gasteiger partial charge is 0.341 e. The Balaban J connectivity index is 2.96. The van der Waals surface area contributed by atoms with E-state index in [2.05, 4.69) is 11.9 Å². The van der Waals surface area contributed by atoms with Crippen LogP contribution in [0.15, 0.2) is 36.1 Å². The van der Waals surface area contributed by atoms with Crippen LogP contribution in [0.4, 0.5) is 4.79 Å². The van der Waals surface area contributed by atoms with Crippen molar-refractivity contribution in [3.05, 3.63) is 36.1 Å². The first-order chi connectivity index (χ1) is 6.74. The average Bonchev–Trinajstić information content (AvgIpc) is 2.60. The van der Waals surface area contributed by atoms with Crippen molar-refractivity contribution in [3.8, 4) is 0 Å². The van der Waals surface area contributed by atoms with E-state index in [1.54, 1.807) is 11.9 Å². The van der Waals surface area contributed by atoms with Gasteiger partial charge in [0.15, 0.2) is 0 Å². The summed E-state index contributed by atoms with van der Waals surface area (Å²) in [5.41, 5.74) is 2.09. The summed E-state index contributed by atoms with van der Waals surface area (Å²) in [6, 6.07) is -0.0602. The van der Waals surface area contributed by atoms with Crippen LogP contribution in [-0.2, 0) is 0 Å². The molecule has 0 aromatic rings. The van der Waals surface area contributed by atoms with Crippen LogP contribution in [0.2, 0.25) is 0 Å². The molecule has 1 heterocycles. The van der Waals surface area contributed by atoms with Crippen molar-refractivity contribution in [2.75, 3.05) is 13.6 Å². The predicted octanol–water partition coefficient (Wildman–Crippen LogP) is 2.05. The smallest absolute Gasteiger partial charge is 0.321 e. The van der Waals surface area contributed by atoms with Gasteiger partial charge in [-0.15, -0.1) is 0 Å². The maximum absolute atomic E-state index is 11.5. The number of allylic oxidation sites excluding steroid dienone is 3. The van der Waals surface area contributed by atoms with Crippen molar-refractivity contribution in [1.29, 1.82) is 0 Å². The molecule has 0 fully saturated rings. The first-order valence-corrected chi connectivity index (χ1v) is 4.72. The van der Waals surface area contributed by atoms with Crippen LogP contribution in [0.25, 0.3) is 0 Å². The van der Waals surface area contributed by atoms with Gasteiger partial charge in [-0.25, -0.2) is 4.79 Å². The van der Waals surface area contributed by atoms with Gasteiger partial charge in [0.1, 0.15) is 0 Å². The zero-order valence-electron chi connectivity index (χ0n) is 8.71. The lowest BCUT2D eigenvalue weighted by atomic mass is 10.2. The summed E-state index contributed by atoms with van der Waals surface area (Å²) in [4.78, 5) is 13.2. The Morgan fingerprint density at radius 1 is 1.64 bits per heavy atom. The third-order valence-electron chi connectivity index (χ3n) is 2.25. The molecule has 1 rings (SSSR count). The molecule has 76 valence electrons. The van der Waals surface area contributed by atoms with Crippen LogP contribution in [0, 0.1) is 0 Å². The lowest BCUT2D eigenvalue weighted by molar-refractivity contribution is 0.218. The highest BCUT2D eigenvalue weighted by Crippen LogP contribution is 2.24. The van der Waals surface area contributed by atoms with E-state index in [1.165, 1.54) is 0 Å².